The van der Waals surface area contributed by atoms with Gasteiger partial charge in [-0.15, -0.1) is 11.3 Å². The zero-order chi connectivity index (χ0) is 18.4. The lowest BCUT2D eigenvalue weighted by Crippen LogP contribution is -2.41. The minimum atomic E-state index is -3.45. The summed E-state index contributed by atoms with van der Waals surface area (Å²) in [7, 11) is 0.00631. The molecule has 25 heavy (non-hydrogen) atoms. The van der Waals surface area contributed by atoms with Crippen LogP contribution < -0.4 is 15.4 Å². The molecule has 0 saturated carbocycles. The predicted molar refractivity (Wildman–Crippen MR) is 103 cm³/mol. The normalized spacial score (nSPS) is 12.4. The molecule has 0 amide bonds. The lowest BCUT2D eigenvalue weighted by atomic mass is 10.4. The van der Waals surface area contributed by atoms with Crippen LogP contribution in [0.4, 0.5) is 0 Å². The Morgan fingerprint density at radius 3 is 2.64 bits per heavy atom. The molecule has 0 unspecified atom stereocenters. The molecule has 0 aliphatic rings. The Morgan fingerprint density at radius 1 is 1.32 bits per heavy atom. The maximum atomic E-state index is 12.0. The number of hydrogen-bond donors (Lipinski definition) is 3. The van der Waals surface area contributed by atoms with E-state index in [4.69, 9.17) is 23.2 Å². The van der Waals surface area contributed by atoms with E-state index in [1.807, 2.05) is 7.05 Å². The van der Waals surface area contributed by atoms with Gasteiger partial charge in [0.05, 0.1) is 11.6 Å². The van der Waals surface area contributed by atoms with E-state index in [1.54, 1.807) is 35.2 Å². The standard InChI is InChI=1S/C14H19Cl2N5O2S2/c1-17-14(19-9-10-8-11(15)13(16)21(10)2)18-5-6-20-25(22,23)12-4-3-7-24-12/h3-4,7-8,20H,5-6,9H2,1-2H3,(H2,17,18,19). The second kappa shape index (κ2) is 8.91. The van der Waals surface area contributed by atoms with Gasteiger partial charge in [-0.1, -0.05) is 29.3 Å². The van der Waals surface area contributed by atoms with Crippen molar-refractivity contribution in [3.8, 4) is 0 Å². The fraction of sp³-hybridized carbons (Fsp3) is 0.357. The summed E-state index contributed by atoms with van der Waals surface area (Å²) in [6.45, 7) is 1.10. The molecule has 0 saturated heterocycles. The Balaban J connectivity index is 1.78. The predicted octanol–water partition coefficient (Wildman–Crippen LogP) is 2.04. The molecule has 0 aliphatic heterocycles. The molecule has 2 heterocycles. The summed E-state index contributed by atoms with van der Waals surface area (Å²) in [5.74, 6) is 0.545. The molecule has 11 heteroatoms. The molecule has 0 atom stereocenters. The zero-order valence-corrected chi connectivity index (χ0v) is 16.9. The van der Waals surface area contributed by atoms with E-state index in [1.165, 1.54) is 11.3 Å². The van der Waals surface area contributed by atoms with Gasteiger partial charge in [-0.3, -0.25) is 4.99 Å². The topological polar surface area (TPSA) is 87.5 Å². The van der Waals surface area contributed by atoms with Crippen LogP contribution in [0, 0.1) is 0 Å². The van der Waals surface area contributed by atoms with E-state index < -0.39 is 10.0 Å². The van der Waals surface area contributed by atoms with Gasteiger partial charge in [0.1, 0.15) is 9.36 Å². The quantitative estimate of drug-likeness (QED) is 0.361. The van der Waals surface area contributed by atoms with Crippen LogP contribution in [0.2, 0.25) is 10.2 Å². The van der Waals surface area contributed by atoms with Crippen LogP contribution in [0.3, 0.4) is 0 Å². The molecule has 2 aromatic heterocycles. The number of sulfonamides is 1. The number of aliphatic imine (C=N–C) groups is 1. The first-order chi connectivity index (χ1) is 11.8. The van der Waals surface area contributed by atoms with Gasteiger partial charge in [0.15, 0.2) is 5.96 Å². The van der Waals surface area contributed by atoms with E-state index in [0.29, 0.717) is 33.4 Å². The highest BCUT2D eigenvalue weighted by Crippen LogP contribution is 2.24. The average Bonchev–Trinajstić information content (AvgIpc) is 3.20. The maximum Gasteiger partial charge on any atom is 0.250 e. The van der Waals surface area contributed by atoms with E-state index in [2.05, 4.69) is 20.3 Å². The van der Waals surface area contributed by atoms with Crippen molar-refractivity contribution in [2.75, 3.05) is 20.1 Å². The van der Waals surface area contributed by atoms with Crippen LogP contribution >= 0.6 is 34.5 Å². The van der Waals surface area contributed by atoms with Gasteiger partial charge in [-0.2, -0.15) is 0 Å². The third-order valence-corrected chi connectivity index (χ3v) is 7.05. The second-order valence-corrected chi connectivity index (χ2v) is 8.72. The highest BCUT2D eigenvalue weighted by molar-refractivity contribution is 7.91. The van der Waals surface area contributed by atoms with Crippen molar-refractivity contribution >= 4 is 50.5 Å². The maximum absolute atomic E-state index is 12.0. The van der Waals surface area contributed by atoms with Crippen LogP contribution in [0.25, 0.3) is 0 Å². The van der Waals surface area contributed by atoms with Gasteiger partial charge in [0, 0.05) is 32.9 Å². The molecule has 0 aromatic carbocycles. The van der Waals surface area contributed by atoms with Crippen LogP contribution in [0.15, 0.2) is 32.8 Å². The summed E-state index contributed by atoms with van der Waals surface area (Å²) in [5.41, 5.74) is 0.899. The first kappa shape index (κ1) is 20.1. The Hall–Kier alpha value is -1.26. The Morgan fingerprint density at radius 2 is 2.08 bits per heavy atom. The SMILES string of the molecule is CN=C(NCCNS(=O)(=O)c1cccs1)NCc1cc(Cl)c(Cl)n1C. The Labute approximate surface area is 161 Å². The van der Waals surface area contributed by atoms with Crippen LogP contribution in [-0.2, 0) is 23.6 Å². The van der Waals surface area contributed by atoms with Gasteiger partial charge in [-0.05, 0) is 17.5 Å². The van der Waals surface area contributed by atoms with Crippen molar-refractivity contribution in [2.24, 2.45) is 12.0 Å². The van der Waals surface area contributed by atoms with Crippen molar-refractivity contribution in [1.82, 2.24) is 19.9 Å². The third kappa shape index (κ3) is 5.35. The summed E-state index contributed by atoms with van der Waals surface area (Å²) >= 11 is 13.2. The van der Waals surface area contributed by atoms with Crippen molar-refractivity contribution in [2.45, 2.75) is 10.8 Å². The highest BCUT2D eigenvalue weighted by atomic mass is 35.5. The molecule has 0 fully saturated rings. The molecule has 0 aliphatic carbocycles. The van der Waals surface area contributed by atoms with Crippen LogP contribution in [-0.4, -0.2) is 39.1 Å². The molecule has 3 N–H and O–H groups in total. The van der Waals surface area contributed by atoms with Gasteiger partial charge in [-0.25, -0.2) is 13.1 Å². The molecule has 2 rings (SSSR count). The number of thiophene rings is 1. The summed E-state index contributed by atoms with van der Waals surface area (Å²) < 4.78 is 28.6. The summed E-state index contributed by atoms with van der Waals surface area (Å²) in [5, 5.41) is 8.85. The first-order valence-electron chi connectivity index (χ1n) is 7.32. The molecule has 0 spiro atoms. The molecule has 2 aromatic rings. The highest BCUT2D eigenvalue weighted by Gasteiger charge is 2.14. The number of aromatic nitrogens is 1. The van der Waals surface area contributed by atoms with E-state index >= 15 is 0 Å². The minimum absolute atomic E-state index is 0.239. The third-order valence-electron chi connectivity index (χ3n) is 3.35. The molecule has 7 nitrogen and oxygen atoms in total. The van der Waals surface area contributed by atoms with Crippen LogP contribution in [0.1, 0.15) is 5.69 Å². The van der Waals surface area contributed by atoms with Crippen molar-refractivity contribution in [3.05, 3.63) is 39.4 Å². The van der Waals surface area contributed by atoms with Crippen molar-refractivity contribution < 1.29 is 8.42 Å². The van der Waals surface area contributed by atoms with Crippen LogP contribution in [0.5, 0.6) is 0 Å². The minimum Gasteiger partial charge on any atom is -0.355 e. The fourth-order valence-electron chi connectivity index (χ4n) is 2.01. The second-order valence-electron chi connectivity index (χ2n) is 5.02. The largest absolute Gasteiger partial charge is 0.355 e. The molecular formula is C14H19Cl2N5O2S2. The molecule has 0 bridgehead atoms. The fourth-order valence-corrected chi connectivity index (χ4v) is 4.49. The summed E-state index contributed by atoms with van der Waals surface area (Å²) in [4.78, 5) is 4.09. The summed E-state index contributed by atoms with van der Waals surface area (Å²) in [6.07, 6.45) is 0. The monoisotopic (exact) mass is 423 g/mol. The number of nitrogens with zero attached hydrogens (tertiary/aromatic N) is 2. The Kier molecular flexibility index (Phi) is 7.14. The van der Waals surface area contributed by atoms with Gasteiger partial charge in [0.25, 0.3) is 0 Å². The van der Waals surface area contributed by atoms with Gasteiger partial charge in [0.2, 0.25) is 10.0 Å². The van der Waals surface area contributed by atoms with Crippen molar-refractivity contribution in [3.63, 3.8) is 0 Å². The smallest absolute Gasteiger partial charge is 0.250 e. The zero-order valence-electron chi connectivity index (χ0n) is 13.7. The summed E-state index contributed by atoms with van der Waals surface area (Å²) in [6, 6.07) is 5.04. The van der Waals surface area contributed by atoms with Crippen molar-refractivity contribution in [1.29, 1.82) is 0 Å². The lowest BCUT2D eigenvalue weighted by molar-refractivity contribution is 0.582. The number of guanidine groups is 1. The molecule has 0 radical (unpaired) electrons. The number of rotatable bonds is 7. The van der Waals surface area contributed by atoms with Gasteiger partial charge >= 0.3 is 0 Å². The number of nitrogens with one attached hydrogen (secondary N) is 3. The number of halogens is 2. The molecule has 138 valence electrons. The van der Waals surface area contributed by atoms with E-state index in [0.717, 1.165) is 5.69 Å². The molecular weight excluding hydrogens is 405 g/mol. The average molecular weight is 424 g/mol. The number of hydrogen-bond acceptors (Lipinski definition) is 4. The first-order valence-corrected chi connectivity index (χ1v) is 10.4. The Bertz CT molecular complexity index is 832. The van der Waals surface area contributed by atoms with E-state index in [-0.39, 0.29) is 6.54 Å². The van der Waals surface area contributed by atoms with Gasteiger partial charge < -0.3 is 15.2 Å². The lowest BCUT2D eigenvalue weighted by Gasteiger charge is -2.12. The van der Waals surface area contributed by atoms with E-state index in [9.17, 15) is 8.42 Å².